The first-order chi connectivity index (χ1) is 14.6. The summed E-state index contributed by atoms with van der Waals surface area (Å²) in [7, 11) is 0. The summed E-state index contributed by atoms with van der Waals surface area (Å²) in [6.07, 6.45) is -3.75. The number of hydrogen-bond donors (Lipinski definition) is 3. The van der Waals surface area contributed by atoms with E-state index < -0.39 is 29.1 Å². The van der Waals surface area contributed by atoms with E-state index in [-0.39, 0.29) is 11.6 Å². The lowest BCUT2D eigenvalue weighted by molar-refractivity contribution is -0.142. The maximum Gasteiger partial charge on any atom is 0.422 e. The topological polar surface area (TPSA) is 95.8 Å². The molecule has 12 heteroatoms. The number of aromatic amines is 1. The first kappa shape index (κ1) is 20.3. The first-order valence-electron chi connectivity index (χ1n) is 8.67. The molecule has 0 aliphatic heterocycles. The van der Waals surface area contributed by atoms with Crippen molar-refractivity contribution in [2.75, 3.05) is 10.6 Å². The van der Waals surface area contributed by atoms with Crippen molar-refractivity contribution in [1.82, 2.24) is 15.0 Å². The van der Waals surface area contributed by atoms with Crippen molar-refractivity contribution in [3.63, 3.8) is 0 Å². The van der Waals surface area contributed by atoms with Crippen LogP contribution in [0.5, 0.6) is 0 Å². The molecule has 2 aromatic carbocycles. The second-order valence-electron chi connectivity index (χ2n) is 6.51. The second kappa shape index (κ2) is 7.38. The maximum absolute atomic E-state index is 13.8. The van der Waals surface area contributed by atoms with Gasteiger partial charge < -0.3 is 15.1 Å². The molecular formula is C19H12F5N5O2. The van der Waals surface area contributed by atoms with Crippen LogP contribution in [-0.2, 0) is 6.18 Å². The van der Waals surface area contributed by atoms with Crippen LogP contribution in [0.25, 0.3) is 11.1 Å². The number of anilines is 4. The van der Waals surface area contributed by atoms with E-state index in [0.717, 1.165) is 0 Å². The predicted octanol–water partition coefficient (Wildman–Crippen LogP) is 5.00. The number of nitrogens with one attached hydrogen (secondary N) is 3. The molecule has 4 rings (SSSR count). The van der Waals surface area contributed by atoms with Gasteiger partial charge in [-0.15, -0.1) is 0 Å². The number of fused-ring (bicyclic) bond motifs is 1. The number of benzene rings is 2. The zero-order chi connectivity index (χ0) is 22.3. The van der Waals surface area contributed by atoms with E-state index in [1.54, 1.807) is 25.1 Å². The Balaban J connectivity index is 1.61. The third-order valence-electron chi connectivity index (χ3n) is 4.24. The Morgan fingerprint density at radius 3 is 2.42 bits per heavy atom. The van der Waals surface area contributed by atoms with E-state index in [1.165, 1.54) is 6.20 Å². The lowest BCUT2D eigenvalue weighted by Crippen LogP contribution is -2.12. The molecule has 0 saturated carbocycles. The van der Waals surface area contributed by atoms with Crippen LogP contribution >= 0.6 is 0 Å². The third kappa shape index (κ3) is 4.17. The number of rotatable bonds is 4. The van der Waals surface area contributed by atoms with Crippen molar-refractivity contribution in [2.24, 2.45) is 0 Å². The zero-order valence-electron chi connectivity index (χ0n) is 15.6. The fourth-order valence-electron chi connectivity index (χ4n) is 2.84. The molecule has 0 bridgehead atoms. The van der Waals surface area contributed by atoms with Gasteiger partial charge >= 0.3 is 11.9 Å². The minimum atomic E-state index is -5.16. The molecule has 0 atom stereocenters. The summed E-state index contributed by atoms with van der Waals surface area (Å²) in [5, 5.41) is 5.48. The van der Waals surface area contributed by atoms with Crippen LogP contribution in [-0.4, -0.2) is 15.0 Å². The highest BCUT2D eigenvalue weighted by Crippen LogP contribution is 2.35. The summed E-state index contributed by atoms with van der Waals surface area (Å²) < 4.78 is 70.6. The largest absolute Gasteiger partial charge is 0.422 e. The minimum Gasteiger partial charge on any atom is -0.408 e. The van der Waals surface area contributed by atoms with Gasteiger partial charge in [0.1, 0.15) is 23.0 Å². The Kier molecular flexibility index (Phi) is 4.84. The molecule has 0 radical (unpaired) electrons. The van der Waals surface area contributed by atoms with Crippen LogP contribution in [0.1, 0.15) is 11.1 Å². The summed E-state index contributed by atoms with van der Waals surface area (Å²) in [4.78, 5) is 21.9. The average molecular weight is 437 g/mol. The molecule has 0 aliphatic rings. The van der Waals surface area contributed by atoms with Crippen LogP contribution in [0.3, 0.4) is 0 Å². The Labute approximate surface area is 169 Å². The van der Waals surface area contributed by atoms with Gasteiger partial charge in [-0.25, -0.2) is 18.6 Å². The molecular weight excluding hydrogens is 425 g/mol. The predicted molar refractivity (Wildman–Crippen MR) is 102 cm³/mol. The molecule has 0 amide bonds. The number of nitrogens with zero attached hydrogens (tertiary/aromatic N) is 2. The van der Waals surface area contributed by atoms with Crippen LogP contribution in [0.15, 0.2) is 45.7 Å². The minimum absolute atomic E-state index is 0.107. The van der Waals surface area contributed by atoms with E-state index in [0.29, 0.717) is 40.3 Å². The summed E-state index contributed by atoms with van der Waals surface area (Å²) in [6, 6.07) is 5.82. The lowest BCUT2D eigenvalue weighted by Gasteiger charge is -2.13. The fraction of sp³-hybridized carbons (Fsp3) is 0.105. The molecule has 3 N–H and O–H groups in total. The Morgan fingerprint density at radius 2 is 1.74 bits per heavy atom. The molecule has 2 heterocycles. The number of oxazole rings is 1. The van der Waals surface area contributed by atoms with E-state index in [4.69, 9.17) is 4.42 Å². The number of alkyl halides is 3. The van der Waals surface area contributed by atoms with Crippen LogP contribution in [0.2, 0.25) is 0 Å². The molecule has 0 spiro atoms. The number of H-pyrrole nitrogens is 1. The van der Waals surface area contributed by atoms with E-state index >= 15 is 0 Å². The molecule has 7 nitrogen and oxygen atoms in total. The quantitative estimate of drug-likeness (QED) is 0.389. The standard InChI is InChI=1S/C19H12F5N5O2/c1-8-7-25-17(27-10-4-11(20)15(12(21)5-10)19(22,23)24)29-16(8)26-9-2-3-14-13(6-9)28-18(30)31-14/h2-7H,1H3,(H,28,30)(H2,25,26,27,29). The van der Waals surface area contributed by atoms with Crippen LogP contribution in [0, 0.1) is 18.6 Å². The average Bonchev–Trinajstić information content (AvgIpc) is 3.02. The van der Waals surface area contributed by atoms with E-state index in [9.17, 15) is 26.7 Å². The molecule has 0 saturated heterocycles. The highest BCUT2D eigenvalue weighted by molar-refractivity contribution is 5.78. The highest BCUT2D eigenvalue weighted by Gasteiger charge is 2.38. The number of aryl methyl sites for hydroxylation is 1. The number of hydrogen-bond acceptors (Lipinski definition) is 6. The van der Waals surface area contributed by atoms with Crippen molar-refractivity contribution in [3.05, 3.63) is 69.8 Å². The normalized spacial score (nSPS) is 11.7. The zero-order valence-corrected chi connectivity index (χ0v) is 15.6. The third-order valence-corrected chi connectivity index (χ3v) is 4.24. The van der Waals surface area contributed by atoms with E-state index in [2.05, 4.69) is 25.6 Å². The van der Waals surface area contributed by atoms with Gasteiger partial charge in [0.25, 0.3) is 0 Å². The van der Waals surface area contributed by atoms with Gasteiger partial charge in [-0.05, 0) is 37.3 Å². The van der Waals surface area contributed by atoms with Crippen molar-refractivity contribution in [1.29, 1.82) is 0 Å². The number of aromatic nitrogens is 3. The fourth-order valence-corrected chi connectivity index (χ4v) is 2.84. The maximum atomic E-state index is 13.8. The molecule has 0 fully saturated rings. The molecule has 160 valence electrons. The van der Waals surface area contributed by atoms with Gasteiger partial charge in [0.15, 0.2) is 5.58 Å². The Bertz CT molecular complexity index is 1320. The Hall–Kier alpha value is -3.96. The molecule has 31 heavy (non-hydrogen) atoms. The summed E-state index contributed by atoms with van der Waals surface area (Å²) in [5.41, 5.74) is -0.299. The monoisotopic (exact) mass is 437 g/mol. The number of halogens is 5. The molecule has 4 aromatic rings. The lowest BCUT2D eigenvalue weighted by atomic mass is 10.1. The summed E-state index contributed by atoms with van der Waals surface area (Å²) in [5.74, 6) is -3.92. The van der Waals surface area contributed by atoms with Crippen molar-refractivity contribution in [2.45, 2.75) is 13.1 Å². The van der Waals surface area contributed by atoms with E-state index in [1.807, 2.05) is 0 Å². The highest BCUT2D eigenvalue weighted by atomic mass is 19.4. The van der Waals surface area contributed by atoms with Gasteiger partial charge in [0, 0.05) is 23.1 Å². The van der Waals surface area contributed by atoms with Crippen molar-refractivity contribution >= 4 is 34.2 Å². The summed E-state index contributed by atoms with van der Waals surface area (Å²) in [6.45, 7) is 1.70. The summed E-state index contributed by atoms with van der Waals surface area (Å²) >= 11 is 0. The SMILES string of the molecule is Cc1cnc(Nc2cc(F)c(C(F)(F)F)c(F)c2)nc1Nc1ccc2oc(=O)[nH]c2c1. The van der Waals surface area contributed by atoms with Crippen LogP contribution < -0.4 is 16.4 Å². The smallest absolute Gasteiger partial charge is 0.408 e. The van der Waals surface area contributed by atoms with Gasteiger partial charge in [0.2, 0.25) is 5.95 Å². The molecule has 0 aliphatic carbocycles. The van der Waals surface area contributed by atoms with Gasteiger partial charge in [-0.2, -0.15) is 18.2 Å². The Morgan fingerprint density at radius 1 is 1.03 bits per heavy atom. The molecule has 0 unspecified atom stereocenters. The van der Waals surface area contributed by atoms with Crippen molar-refractivity contribution < 1.29 is 26.4 Å². The molecule has 2 aromatic heterocycles. The van der Waals surface area contributed by atoms with Crippen molar-refractivity contribution in [3.8, 4) is 0 Å². The first-order valence-corrected chi connectivity index (χ1v) is 8.67. The van der Waals surface area contributed by atoms with Gasteiger partial charge in [-0.3, -0.25) is 4.98 Å². The van der Waals surface area contributed by atoms with Gasteiger partial charge in [0.05, 0.1) is 5.52 Å². The second-order valence-corrected chi connectivity index (χ2v) is 6.51. The van der Waals surface area contributed by atoms with Gasteiger partial charge in [-0.1, -0.05) is 0 Å². The van der Waals surface area contributed by atoms with Crippen LogP contribution in [0.4, 0.5) is 45.1 Å².